The second-order valence-electron chi connectivity index (χ2n) is 5.14. The van der Waals surface area contributed by atoms with E-state index < -0.39 is 16.4 Å². The molecule has 0 saturated carbocycles. The Hall–Kier alpha value is -3.08. The van der Waals surface area contributed by atoms with E-state index >= 15 is 0 Å². The van der Waals surface area contributed by atoms with Crippen LogP contribution in [-0.2, 0) is 21.7 Å². The largest absolute Gasteiger partial charge is 0.493 e. The molecule has 0 unspecified atom stereocenters. The molecular weight excluding hydrogens is 383 g/mol. The number of nitrogens with one attached hydrogen (secondary N) is 1. The van der Waals surface area contributed by atoms with Crippen LogP contribution in [0.15, 0.2) is 30.6 Å². The highest BCUT2D eigenvalue weighted by Gasteiger charge is 2.16. The summed E-state index contributed by atoms with van der Waals surface area (Å²) >= 11 is 0. The molecule has 27 heavy (non-hydrogen) atoms. The molecule has 0 fully saturated rings. The van der Waals surface area contributed by atoms with Crippen molar-refractivity contribution in [2.24, 2.45) is 0 Å². The van der Waals surface area contributed by atoms with Gasteiger partial charge >= 0.3 is 10.5 Å². The van der Waals surface area contributed by atoms with Crippen LogP contribution in [0.5, 0.6) is 23.0 Å². The Bertz CT molecular complexity index is 909. The molecule has 2 rings (SSSR count). The highest BCUT2D eigenvalue weighted by atomic mass is 32.3. The first-order valence-electron chi connectivity index (χ1n) is 7.43. The highest BCUT2D eigenvalue weighted by molar-refractivity contribution is 7.81. The van der Waals surface area contributed by atoms with Gasteiger partial charge in [-0.1, -0.05) is 3.89 Å². The van der Waals surface area contributed by atoms with Crippen molar-refractivity contribution in [3.63, 3.8) is 0 Å². The Morgan fingerprint density at radius 3 is 2.22 bits per heavy atom. The van der Waals surface area contributed by atoms with E-state index in [0.29, 0.717) is 22.8 Å². The van der Waals surface area contributed by atoms with Crippen molar-refractivity contribution in [1.29, 1.82) is 0 Å². The van der Waals surface area contributed by atoms with E-state index in [0.717, 1.165) is 12.3 Å². The fraction of sp³-hybridized carbons (Fsp3) is 0.250. The van der Waals surface area contributed by atoms with E-state index in [-0.39, 0.29) is 17.9 Å². The number of ether oxygens (including phenoxy) is 3. The quantitative estimate of drug-likeness (QED) is 0.669. The van der Waals surface area contributed by atoms with Crippen LogP contribution in [0.25, 0.3) is 0 Å². The maximum Gasteiger partial charge on any atom is 0.488 e. The number of amides is 1. The first-order chi connectivity index (χ1) is 12.8. The van der Waals surface area contributed by atoms with Gasteiger partial charge in [-0.05, 0) is 17.7 Å². The lowest BCUT2D eigenvalue weighted by Gasteiger charge is -2.14. The molecule has 146 valence electrons. The van der Waals surface area contributed by atoms with Crippen molar-refractivity contribution >= 4 is 22.1 Å². The minimum absolute atomic E-state index is 0.0524. The summed E-state index contributed by atoms with van der Waals surface area (Å²) in [7, 11) is -0.809. The number of hydrogen-bond acceptors (Lipinski definition) is 8. The van der Waals surface area contributed by atoms with Crippen LogP contribution in [0.1, 0.15) is 5.56 Å². The fourth-order valence-electron chi connectivity index (χ4n) is 2.28. The van der Waals surface area contributed by atoms with Crippen LogP contribution in [-0.4, -0.2) is 40.6 Å². The molecule has 0 radical (unpaired) electrons. The number of aromatic nitrogens is 1. The first-order valence-corrected chi connectivity index (χ1v) is 8.74. The van der Waals surface area contributed by atoms with Gasteiger partial charge in [0.05, 0.1) is 45.8 Å². The maximum atomic E-state index is 12.6. The van der Waals surface area contributed by atoms with E-state index in [9.17, 15) is 17.1 Å². The Labute approximate surface area is 155 Å². The lowest BCUT2D eigenvalue weighted by molar-refractivity contribution is -0.115. The number of halogens is 1. The van der Waals surface area contributed by atoms with Crippen molar-refractivity contribution in [3.05, 3.63) is 36.2 Å². The summed E-state index contributed by atoms with van der Waals surface area (Å²) in [5.41, 5.74) is 0.710. The molecule has 0 aliphatic heterocycles. The maximum absolute atomic E-state index is 12.6. The second kappa shape index (κ2) is 8.54. The molecule has 9 nitrogen and oxygen atoms in total. The molecule has 1 aromatic heterocycles. The van der Waals surface area contributed by atoms with Crippen LogP contribution in [0.4, 0.5) is 9.57 Å². The first kappa shape index (κ1) is 20.2. The number of anilines is 1. The average Bonchev–Trinajstić information content (AvgIpc) is 2.59. The second-order valence-corrected chi connectivity index (χ2v) is 6.10. The van der Waals surface area contributed by atoms with E-state index in [1.165, 1.54) is 27.5 Å². The smallest absolute Gasteiger partial charge is 0.488 e. The summed E-state index contributed by atoms with van der Waals surface area (Å²) in [6.07, 6.45) is 2.19. The minimum Gasteiger partial charge on any atom is -0.493 e. The Morgan fingerprint density at radius 1 is 1.07 bits per heavy atom. The number of hydrogen-bond donors (Lipinski definition) is 1. The summed E-state index contributed by atoms with van der Waals surface area (Å²) in [4.78, 5) is 15.9. The van der Waals surface area contributed by atoms with Gasteiger partial charge in [-0.15, -0.1) is 0 Å². The Kier molecular flexibility index (Phi) is 6.40. The van der Waals surface area contributed by atoms with Crippen molar-refractivity contribution in [1.82, 2.24) is 4.98 Å². The number of carbonyl (C=O) groups is 1. The van der Waals surface area contributed by atoms with Gasteiger partial charge in [0.25, 0.3) is 0 Å². The molecule has 0 spiro atoms. The molecule has 1 N–H and O–H groups in total. The van der Waals surface area contributed by atoms with Crippen molar-refractivity contribution in [2.75, 3.05) is 26.6 Å². The summed E-state index contributed by atoms with van der Waals surface area (Å²) < 4.78 is 53.3. The van der Waals surface area contributed by atoms with E-state index in [2.05, 4.69) is 14.5 Å². The third-order valence-electron chi connectivity index (χ3n) is 3.28. The zero-order chi connectivity index (χ0) is 20.0. The van der Waals surface area contributed by atoms with Gasteiger partial charge in [-0.2, -0.15) is 8.42 Å². The minimum atomic E-state index is -5.19. The molecular formula is C16H17FN2O7S. The van der Waals surface area contributed by atoms with Gasteiger partial charge in [0.2, 0.25) is 11.7 Å². The molecule has 0 aliphatic carbocycles. The predicted octanol–water partition coefficient (Wildman–Crippen LogP) is 1.88. The molecule has 1 heterocycles. The lowest BCUT2D eigenvalue weighted by atomic mass is 10.1. The third-order valence-corrected chi connectivity index (χ3v) is 3.67. The summed E-state index contributed by atoms with van der Waals surface area (Å²) in [5.74, 6) is 0.370. The molecule has 2 aromatic rings. The number of benzene rings is 1. The normalized spacial score (nSPS) is 10.8. The molecule has 1 amide bonds. The number of pyridine rings is 1. The van der Waals surface area contributed by atoms with E-state index in [4.69, 9.17) is 14.2 Å². The Balaban J connectivity index is 2.15. The van der Waals surface area contributed by atoms with E-state index in [1.807, 2.05) is 0 Å². The van der Waals surface area contributed by atoms with Crippen LogP contribution < -0.4 is 23.7 Å². The van der Waals surface area contributed by atoms with Crippen molar-refractivity contribution < 1.29 is 35.5 Å². The predicted molar refractivity (Wildman–Crippen MR) is 93.3 cm³/mol. The summed E-state index contributed by atoms with van der Waals surface area (Å²) in [6, 6.07) is 4.36. The van der Waals surface area contributed by atoms with Gasteiger partial charge < -0.3 is 23.7 Å². The number of nitrogens with zero attached hydrogens (tertiary/aromatic N) is 1. The van der Waals surface area contributed by atoms with Gasteiger partial charge in [0.15, 0.2) is 17.2 Å². The van der Waals surface area contributed by atoms with Crippen LogP contribution in [0.2, 0.25) is 0 Å². The molecule has 0 aliphatic rings. The zero-order valence-electron chi connectivity index (χ0n) is 14.7. The van der Waals surface area contributed by atoms with Crippen molar-refractivity contribution in [3.8, 4) is 23.0 Å². The molecule has 0 atom stereocenters. The van der Waals surface area contributed by atoms with Gasteiger partial charge in [0.1, 0.15) is 0 Å². The number of rotatable bonds is 8. The third kappa shape index (κ3) is 5.71. The van der Waals surface area contributed by atoms with Gasteiger partial charge in [0, 0.05) is 6.07 Å². The highest BCUT2D eigenvalue weighted by Crippen LogP contribution is 2.38. The van der Waals surface area contributed by atoms with Gasteiger partial charge in [-0.25, -0.2) is 0 Å². The van der Waals surface area contributed by atoms with E-state index in [1.54, 1.807) is 12.1 Å². The summed E-state index contributed by atoms with van der Waals surface area (Å²) in [6.45, 7) is 0. The van der Waals surface area contributed by atoms with Crippen LogP contribution >= 0.6 is 0 Å². The summed E-state index contributed by atoms with van der Waals surface area (Å²) in [5, 5.41) is 2.51. The van der Waals surface area contributed by atoms with Crippen LogP contribution in [0, 0.1) is 0 Å². The molecule has 0 bridgehead atoms. The van der Waals surface area contributed by atoms with Crippen LogP contribution in [0.3, 0.4) is 0 Å². The number of carbonyl (C=O) groups excluding carboxylic acids is 1. The average molecular weight is 400 g/mol. The SMILES string of the molecule is COc1cc(CC(=O)Nc2cncc(OS(=O)(=O)F)c2)cc(OC)c1OC. The molecule has 1 aromatic carbocycles. The Morgan fingerprint density at radius 2 is 1.70 bits per heavy atom. The lowest BCUT2D eigenvalue weighted by Crippen LogP contribution is -2.15. The monoisotopic (exact) mass is 400 g/mol. The van der Waals surface area contributed by atoms with Gasteiger partial charge in [-0.3, -0.25) is 9.78 Å². The molecule has 11 heteroatoms. The zero-order valence-corrected chi connectivity index (χ0v) is 15.5. The number of methoxy groups -OCH3 is 3. The standard InChI is InChI=1S/C16H17FN2O7S/c1-23-13-4-10(5-14(24-2)16(13)25-3)6-15(20)19-11-7-12(9-18-8-11)26-27(17,21)22/h4-5,7-9H,6H2,1-3H3,(H,19,20). The van der Waals surface area contributed by atoms with Crippen molar-refractivity contribution in [2.45, 2.75) is 6.42 Å². The topological polar surface area (TPSA) is 113 Å². The fourth-order valence-corrected chi connectivity index (χ4v) is 2.60. The molecule has 0 saturated heterocycles.